The molecule has 0 aromatic heterocycles. The van der Waals surface area contributed by atoms with Crippen molar-refractivity contribution in [3.8, 4) is 0 Å². The minimum atomic E-state index is 0.215. The second kappa shape index (κ2) is 8.06. The van der Waals surface area contributed by atoms with Crippen molar-refractivity contribution >= 4 is 29.3 Å². The topological polar surface area (TPSA) is 23.6 Å². The number of benzene rings is 2. The number of hydrogen-bond acceptors (Lipinski definition) is 3. The standard InChI is InChI=1S/C19H21ClN2OS/c1-21-10-12-22(13-11-21)19(23)14-15-4-2-3-5-18(15)24-17-8-6-16(20)7-9-17/h2-9H,10-14H2,1H3. The lowest BCUT2D eigenvalue weighted by Crippen LogP contribution is -2.47. The smallest absolute Gasteiger partial charge is 0.227 e. The van der Waals surface area contributed by atoms with Gasteiger partial charge in [-0.3, -0.25) is 4.79 Å². The lowest BCUT2D eigenvalue weighted by Gasteiger charge is -2.32. The molecule has 2 aromatic rings. The van der Waals surface area contributed by atoms with E-state index in [2.05, 4.69) is 18.0 Å². The summed E-state index contributed by atoms with van der Waals surface area (Å²) in [5.74, 6) is 0.215. The monoisotopic (exact) mass is 360 g/mol. The van der Waals surface area contributed by atoms with Gasteiger partial charge >= 0.3 is 0 Å². The fourth-order valence-corrected chi connectivity index (χ4v) is 3.78. The first-order valence-electron chi connectivity index (χ1n) is 8.09. The third-order valence-corrected chi connectivity index (χ3v) is 5.59. The average molecular weight is 361 g/mol. The number of rotatable bonds is 4. The van der Waals surface area contributed by atoms with Crippen LogP contribution in [0.2, 0.25) is 5.02 Å². The van der Waals surface area contributed by atoms with Crippen LogP contribution in [0.1, 0.15) is 5.56 Å². The van der Waals surface area contributed by atoms with E-state index in [0.29, 0.717) is 6.42 Å². The number of carbonyl (C=O) groups is 1. The highest BCUT2D eigenvalue weighted by Crippen LogP contribution is 2.31. The Morgan fingerprint density at radius 1 is 1.04 bits per heavy atom. The van der Waals surface area contributed by atoms with E-state index in [9.17, 15) is 4.79 Å². The zero-order valence-electron chi connectivity index (χ0n) is 13.7. The van der Waals surface area contributed by atoms with Gasteiger partial charge in [0, 0.05) is 41.0 Å². The van der Waals surface area contributed by atoms with Crippen LogP contribution in [0.3, 0.4) is 0 Å². The predicted molar refractivity (Wildman–Crippen MR) is 99.8 cm³/mol. The highest BCUT2D eigenvalue weighted by atomic mass is 35.5. The molecular weight excluding hydrogens is 340 g/mol. The lowest BCUT2D eigenvalue weighted by atomic mass is 10.1. The van der Waals surface area contributed by atoms with Crippen molar-refractivity contribution in [1.82, 2.24) is 9.80 Å². The van der Waals surface area contributed by atoms with E-state index in [1.54, 1.807) is 11.8 Å². The molecule has 1 fully saturated rings. The summed E-state index contributed by atoms with van der Waals surface area (Å²) in [4.78, 5) is 19.1. The molecule has 0 aliphatic carbocycles. The Hall–Kier alpha value is -1.49. The van der Waals surface area contributed by atoms with Gasteiger partial charge in [-0.05, 0) is 42.9 Å². The molecule has 3 nitrogen and oxygen atoms in total. The normalized spacial score (nSPS) is 15.5. The fourth-order valence-electron chi connectivity index (χ4n) is 2.71. The van der Waals surface area contributed by atoms with Gasteiger partial charge in [-0.1, -0.05) is 41.6 Å². The number of carbonyl (C=O) groups excluding carboxylic acids is 1. The Balaban J connectivity index is 1.69. The number of piperazine rings is 1. The SMILES string of the molecule is CN1CCN(C(=O)Cc2ccccc2Sc2ccc(Cl)cc2)CC1. The van der Waals surface area contributed by atoms with Gasteiger partial charge in [-0.25, -0.2) is 0 Å². The summed E-state index contributed by atoms with van der Waals surface area (Å²) in [7, 11) is 2.10. The molecule has 2 aromatic carbocycles. The van der Waals surface area contributed by atoms with Crippen LogP contribution in [0.25, 0.3) is 0 Å². The minimum absolute atomic E-state index is 0.215. The van der Waals surface area contributed by atoms with Crippen LogP contribution >= 0.6 is 23.4 Å². The molecule has 0 saturated carbocycles. The molecule has 0 spiro atoms. The Bertz CT molecular complexity index is 697. The molecule has 0 unspecified atom stereocenters. The molecule has 5 heteroatoms. The summed E-state index contributed by atoms with van der Waals surface area (Å²) in [6.45, 7) is 3.55. The third kappa shape index (κ3) is 4.53. The molecule has 1 heterocycles. The fraction of sp³-hybridized carbons (Fsp3) is 0.316. The quantitative estimate of drug-likeness (QED) is 0.828. The van der Waals surface area contributed by atoms with E-state index in [1.807, 2.05) is 47.4 Å². The maximum Gasteiger partial charge on any atom is 0.227 e. The Kier molecular flexibility index (Phi) is 5.82. The summed E-state index contributed by atoms with van der Waals surface area (Å²) in [5, 5.41) is 0.734. The van der Waals surface area contributed by atoms with Crippen LogP contribution in [0, 0.1) is 0 Å². The number of halogens is 1. The summed E-state index contributed by atoms with van der Waals surface area (Å²) in [6.07, 6.45) is 0.459. The largest absolute Gasteiger partial charge is 0.340 e. The predicted octanol–water partition coefficient (Wildman–Crippen LogP) is 3.81. The van der Waals surface area contributed by atoms with Crippen molar-refractivity contribution in [3.63, 3.8) is 0 Å². The maximum atomic E-state index is 12.6. The van der Waals surface area contributed by atoms with E-state index in [4.69, 9.17) is 11.6 Å². The molecule has 1 aliphatic heterocycles. The number of nitrogens with zero attached hydrogens (tertiary/aromatic N) is 2. The van der Waals surface area contributed by atoms with E-state index in [-0.39, 0.29) is 5.91 Å². The zero-order valence-corrected chi connectivity index (χ0v) is 15.3. The van der Waals surface area contributed by atoms with Crippen molar-refractivity contribution < 1.29 is 4.79 Å². The van der Waals surface area contributed by atoms with Crippen LogP contribution in [0.4, 0.5) is 0 Å². The van der Waals surface area contributed by atoms with Crippen molar-refractivity contribution in [2.45, 2.75) is 16.2 Å². The van der Waals surface area contributed by atoms with Gasteiger partial charge < -0.3 is 9.80 Å². The van der Waals surface area contributed by atoms with Crippen LogP contribution in [-0.4, -0.2) is 48.9 Å². The Morgan fingerprint density at radius 3 is 2.42 bits per heavy atom. The van der Waals surface area contributed by atoms with Crippen LogP contribution < -0.4 is 0 Å². The Morgan fingerprint density at radius 2 is 1.71 bits per heavy atom. The highest BCUT2D eigenvalue weighted by molar-refractivity contribution is 7.99. The molecule has 0 atom stereocenters. The van der Waals surface area contributed by atoms with Crippen LogP contribution in [0.5, 0.6) is 0 Å². The van der Waals surface area contributed by atoms with Crippen molar-refractivity contribution in [2.24, 2.45) is 0 Å². The van der Waals surface area contributed by atoms with Gasteiger partial charge in [-0.2, -0.15) is 0 Å². The molecule has 3 rings (SSSR count). The van der Waals surface area contributed by atoms with E-state index >= 15 is 0 Å². The summed E-state index contributed by atoms with van der Waals surface area (Å²) in [5.41, 5.74) is 1.08. The van der Waals surface area contributed by atoms with Crippen molar-refractivity contribution in [3.05, 3.63) is 59.1 Å². The molecule has 1 aliphatic rings. The first kappa shape index (κ1) is 17.3. The molecule has 1 amide bonds. The minimum Gasteiger partial charge on any atom is -0.340 e. The molecule has 1 saturated heterocycles. The van der Waals surface area contributed by atoms with Gasteiger partial charge in [0.1, 0.15) is 0 Å². The van der Waals surface area contributed by atoms with Gasteiger partial charge in [-0.15, -0.1) is 0 Å². The summed E-state index contributed by atoms with van der Waals surface area (Å²) in [6, 6.07) is 15.9. The third-order valence-electron chi connectivity index (χ3n) is 4.21. The molecule has 0 N–H and O–H groups in total. The van der Waals surface area contributed by atoms with Crippen molar-refractivity contribution in [2.75, 3.05) is 33.2 Å². The van der Waals surface area contributed by atoms with Crippen LogP contribution in [-0.2, 0) is 11.2 Å². The van der Waals surface area contributed by atoms with E-state index in [1.165, 1.54) is 0 Å². The highest BCUT2D eigenvalue weighted by Gasteiger charge is 2.20. The Labute approximate surface area is 152 Å². The number of likely N-dealkylation sites (N-methyl/N-ethyl adjacent to an activating group) is 1. The number of amides is 1. The second-order valence-electron chi connectivity index (χ2n) is 6.02. The lowest BCUT2D eigenvalue weighted by molar-refractivity contribution is -0.132. The first-order chi connectivity index (χ1) is 11.6. The van der Waals surface area contributed by atoms with Gasteiger partial charge in [0.2, 0.25) is 5.91 Å². The summed E-state index contributed by atoms with van der Waals surface area (Å²) < 4.78 is 0. The van der Waals surface area contributed by atoms with Crippen LogP contribution in [0.15, 0.2) is 58.3 Å². The first-order valence-corrected chi connectivity index (χ1v) is 9.29. The molecular formula is C19H21ClN2OS. The van der Waals surface area contributed by atoms with Crippen molar-refractivity contribution in [1.29, 1.82) is 0 Å². The van der Waals surface area contributed by atoms with E-state index < -0.39 is 0 Å². The maximum absolute atomic E-state index is 12.6. The van der Waals surface area contributed by atoms with Gasteiger partial charge in [0.05, 0.1) is 6.42 Å². The van der Waals surface area contributed by atoms with Gasteiger partial charge in [0.15, 0.2) is 0 Å². The summed E-state index contributed by atoms with van der Waals surface area (Å²) >= 11 is 7.62. The average Bonchev–Trinajstić information content (AvgIpc) is 2.59. The zero-order chi connectivity index (χ0) is 16.9. The molecule has 24 heavy (non-hydrogen) atoms. The molecule has 0 radical (unpaired) electrons. The number of hydrogen-bond donors (Lipinski definition) is 0. The van der Waals surface area contributed by atoms with E-state index in [0.717, 1.165) is 46.6 Å². The molecule has 126 valence electrons. The van der Waals surface area contributed by atoms with Gasteiger partial charge in [0.25, 0.3) is 0 Å². The molecule has 0 bridgehead atoms. The second-order valence-corrected chi connectivity index (χ2v) is 7.58.